The van der Waals surface area contributed by atoms with Gasteiger partial charge in [-0.2, -0.15) is 0 Å². The van der Waals surface area contributed by atoms with Gasteiger partial charge in [0.05, 0.1) is 6.42 Å². The molecule has 29 heavy (non-hydrogen) atoms. The van der Waals surface area contributed by atoms with Crippen molar-refractivity contribution in [1.29, 1.82) is 0 Å². The predicted molar refractivity (Wildman–Crippen MR) is 114 cm³/mol. The third-order valence-corrected chi connectivity index (χ3v) is 5.14. The molecule has 0 aliphatic heterocycles. The lowest BCUT2D eigenvalue weighted by Crippen LogP contribution is -2.22. The van der Waals surface area contributed by atoms with E-state index in [0.717, 1.165) is 39.0 Å². The Morgan fingerprint density at radius 2 is 1.79 bits per heavy atom. The van der Waals surface area contributed by atoms with E-state index >= 15 is 0 Å². The van der Waals surface area contributed by atoms with Crippen molar-refractivity contribution in [3.05, 3.63) is 107 Å². The molecule has 1 heterocycles. The number of benzene rings is 2. The fraction of sp³-hybridized carbons (Fsp3) is 0.120. The Morgan fingerprint density at radius 3 is 2.55 bits per heavy atom. The monoisotopic (exact) mass is 384 g/mol. The first-order chi connectivity index (χ1) is 14.1. The van der Waals surface area contributed by atoms with Gasteiger partial charge in [-0.05, 0) is 76.2 Å². The van der Waals surface area contributed by atoms with Crippen molar-refractivity contribution in [2.45, 2.75) is 19.9 Å². The molecule has 1 N–H and O–H groups in total. The summed E-state index contributed by atoms with van der Waals surface area (Å²) in [6, 6.07) is 18.4. The van der Waals surface area contributed by atoms with Crippen molar-refractivity contribution in [1.82, 2.24) is 10.3 Å². The number of nitrogens with zero attached hydrogens (tertiary/aromatic N) is 1. The van der Waals surface area contributed by atoms with Crippen LogP contribution in [0.4, 0.5) is 4.39 Å². The van der Waals surface area contributed by atoms with Crippen molar-refractivity contribution < 1.29 is 9.18 Å². The molecule has 0 bridgehead atoms. The van der Waals surface area contributed by atoms with E-state index in [0.29, 0.717) is 6.54 Å². The van der Waals surface area contributed by atoms with Crippen LogP contribution in [0.3, 0.4) is 0 Å². The number of allylic oxidation sites excluding steroid dienone is 2. The number of nitrogens with one attached hydrogen (secondary N) is 1. The molecule has 3 nitrogen and oxygen atoms in total. The summed E-state index contributed by atoms with van der Waals surface area (Å²) in [5.74, 6) is -0.382. The molecule has 0 radical (unpaired) electrons. The van der Waals surface area contributed by atoms with Crippen molar-refractivity contribution in [3.63, 3.8) is 0 Å². The summed E-state index contributed by atoms with van der Waals surface area (Å²) in [6.45, 7) is 2.46. The Bertz CT molecular complexity index is 1100. The molecule has 0 saturated carbocycles. The maximum Gasteiger partial charge on any atom is 0.224 e. The average molecular weight is 384 g/mol. The lowest BCUT2D eigenvalue weighted by molar-refractivity contribution is -0.120. The van der Waals surface area contributed by atoms with E-state index < -0.39 is 0 Å². The molecule has 2 aromatic carbocycles. The second kappa shape index (κ2) is 8.23. The molecule has 0 saturated heterocycles. The molecule has 0 unspecified atom stereocenters. The standard InChI is InChI=1S/C25H21FN2O/c1-17-22(13-18-9-11-27-12-10-18)21-8-7-20(26)14-24(21)23(17)15-25(29)28-16-19-5-3-2-4-6-19/h2-14H,15-16H2,1H3,(H,28,29)/b22-13-. The fourth-order valence-electron chi connectivity index (χ4n) is 3.63. The highest BCUT2D eigenvalue weighted by atomic mass is 19.1. The molecular weight excluding hydrogens is 363 g/mol. The fourth-order valence-corrected chi connectivity index (χ4v) is 3.63. The number of hydrogen-bond acceptors (Lipinski definition) is 2. The van der Waals surface area contributed by atoms with Crippen LogP contribution in [0.1, 0.15) is 35.6 Å². The lowest BCUT2D eigenvalue weighted by atomic mass is 10.0. The molecule has 144 valence electrons. The zero-order valence-corrected chi connectivity index (χ0v) is 16.2. The van der Waals surface area contributed by atoms with E-state index in [2.05, 4.69) is 16.4 Å². The number of aromatic nitrogens is 1. The quantitative estimate of drug-likeness (QED) is 0.652. The number of pyridine rings is 1. The summed E-state index contributed by atoms with van der Waals surface area (Å²) in [7, 11) is 0. The summed E-state index contributed by atoms with van der Waals surface area (Å²) >= 11 is 0. The molecule has 1 aromatic heterocycles. The summed E-state index contributed by atoms with van der Waals surface area (Å²) in [6.07, 6.45) is 5.75. The van der Waals surface area contributed by atoms with Crippen LogP contribution < -0.4 is 5.32 Å². The molecule has 4 heteroatoms. The first-order valence-corrected chi connectivity index (χ1v) is 9.54. The number of fused-ring (bicyclic) bond motifs is 1. The summed E-state index contributed by atoms with van der Waals surface area (Å²) in [4.78, 5) is 16.7. The highest BCUT2D eigenvalue weighted by Gasteiger charge is 2.25. The van der Waals surface area contributed by atoms with Crippen LogP contribution in [0.2, 0.25) is 0 Å². The minimum absolute atomic E-state index is 0.0800. The maximum absolute atomic E-state index is 14.0. The van der Waals surface area contributed by atoms with Crippen molar-refractivity contribution in [2.24, 2.45) is 0 Å². The van der Waals surface area contributed by atoms with Gasteiger partial charge in [0.15, 0.2) is 0 Å². The van der Waals surface area contributed by atoms with Crippen LogP contribution in [-0.4, -0.2) is 10.9 Å². The second-order valence-electron chi connectivity index (χ2n) is 7.07. The van der Waals surface area contributed by atoms with Crippen LogP contribution >= 0.6 is 0 Å². The summed E-state index contributed by atoms with van der Waals surface area (Å²) < 4.78 is 14.0. The molecule has 3 aromatic rings. The van der Waals surface area contributed by atoms with Gasteiger partial charge in [-0.25, -0.2) is 4.39 Å². The first-order valence-electron chi connectivity index (χ1n) is 9.54. The Kier molecular flexibility index (Phi) is 5.34. The van der Waals surface area contributed by atoms with Gasteiger partial charge in [-0.15, -0.1) is 0 Å². The molecule has 0 spiro atoms. The van der Waals surface area contributed by atoms with Gasteiger partial charge in [0, 0.05) is 18.9 Å². The van der Waals surface area contributed by atoms with Gasteiger partial charge >= 0.3 is 0 Å². The zero-order valence-electron chi connectivity index (χ0n) is 16.2. The molecule has 1 amide bonds. The molecule has 0 atom stereocenters. The van der Waals surface area contributed by atoms with E-state index in [1.165, 1.54) is 12.1 Å². The van der Waals surface area contributed by atoms with Crippen LogP contribution in [0, 0.1) is 5.82 Å². The van der Waals surface area contributed by atoms with E-state index in [1.807, 2.05) is 49.4 Å². The predicted octanol–water partition coefficient (Wildman–Crippen LogP) is 5.25. The Morgan fingerprint density at radius 1 is 1.03 bits per heavy atom. The van der Waals surface area contributed by atoms with Gasteiger partial charge in [0.1, 0.15) is 5.82 Å². The van der Waals surface area contributed by atoms with Gasteiger partial charge in [-0.1, -0.05) is 36.4 Å². The number of halogens is 1. The van der Waals surface area contributed by atoms with Gasteiger partial charge in [-0.3, -0.25) is 9.78 Å². The van der Waals surface area contributed by atoms with Crippen molar-refractivity contribution in [2.75, 3.05) is 0 Å². The summed E-state index contributed by atoms with van der Waals surface area (Å²) in [5.41, 5.74) is 6.67. The van der Waals surface area contributed by atoms with Crippen molar-refractivity contribution >= 4 is 23.1 Å². The minimum atomic E-state index is -0.302. The van der Waals surface area contributed by atoms with E-state index in [-0.39, 0.29) is 18.1 Å². The van der Waals surface area contributed by atoms with E-state index in [4.69, 9.17) is 0 Å². The lowest BCUT2D eigenvalue weighted by Gasteiger charge is -2.08. The van der Waals surface area contributed by atoms with E-state index in [9.17, 15) is 9.18 Å². The molecule has 1 aliphatic rings. The third kappa shape index (κ3) is 4.16. The minimum Gasteiger partial charge on any atom is -0.352 e. The molecular formula is C25H21FN2O. The van der Waals surface area contributed by atoms with E-state index in [1.54, 1.807) is 18.5 Å². The van der Waals surface area contributed by atoms with Crippen LogP contribution in [0.25, 0.3) is 17.2 Å². The SMILES string of the molecule is CC1=C(CC(=O)NCc2ccccc2)c2cc(F)ccc2/C1=C\c1ccncc1. The first kappa shape index (κ1) is 18.8. The molecule has 4 rings (SSSR count). The largest absolute Gasteiger partial charge is 0.352 e. The highest BCUT2D eigenvalue weighted by Crippen LogP contribution is 2.43. The van der Waals surface area contributed by atoms with Crippen LogP contribution in [0.15, 0.2) is 78.6 Å². The second-order valence-corrected chi connectivity index (χ2v) is 7.07. The number of carbonyl (C=O) groups excluding carboxylic acids is 1. The van der Waals surface area contributed by atoms with Crippen molar-refractivity contribution in [3.8, 4) is 0 Å². The smallest absolute Gasteiger partial charge is 0.224 e. The number of carbonyl (C=O) groups is 1. The average Bonchev–Trinajstić information content (AvgIpc) is 2.99. The molecule has 1 aliphatic carbocycles. The van der Waals surface area contributed by atoms with Crippen LogP contribution in [0.5, 0.6) is 0 Å². The zero-order chi connectivity index (χ0) is 20.2. The number of amides is 1. The molecule has 0 fully saturated rings. The topological polar surface area (TPSA) is 42.0 Å². The third-order valence-electron chi connectivity index (χ3n) is 5.14. The van der Waals surface area contributed by atoms with Gasteiger partial charge in [0.25, 0.3) is 0 Å². The highest BCUT2D eigenvalue weighted by molar-refractivity contribution is 6.08. The summed E-state index contributed by atoms with van der Waals surface area (Å²) in [5, 5.41) is 2.96. The Labute approximate surface area is 169 Å². The normalized spacial score (nSPS) is 14.2. The van der Waals surface area contributed by atoms with Crippen LogP contribution in [-0.2, 0) is 11.3 Å². The number of rotatable bonds is 5. The van der Waals surface area contributed by atoms with Gasteiger partial charge in [0.2, 0.25) is 5.91 Å². The number of hydrogen-bond donors (Lipinski definition) is 1. The maximum atomic E-state index is 14.0. The Hall–Kier alpha value is -3.53. The Balaban J connectivity index is 1.62. The van der Waals surface area contributed by atoms with Gasteiger partial charge < -0.3 is 5.32 Å².